The van der Waals surface area contributed by atoms with Crippen LogP contribution in [-0.4, -0.2) is 34.7 Å². The topological polar surface area (TPSA) is 86.6 Å². The summed E-state index contributed by atoms with van der Waals surface area (Å²) >= 11 is 0. The Morgan fingerprint density at radius 1 is 1.33 bits per heavy atom. The van der Waals surface area contributed by atoms with Crippen molar-refractivity contribution < 1.29 is 19.8 Å². The van der Waals surface area contributed by atoms with Crippen LogP contribution in [0.2, 0.25) is 0 Å². The van der Waals surface area contributed by atoms with E-state index in [0.717, 1.165) is 0 Å². The standard InChI is InChI=1S/C7H13NO4/c1-5(2-3-6(9)10)8-4-7(11)12/h5,8H,2-4H2,1H3,(H,9,10)(H,11,12). The van der Waals surface area contributed by atoms with Crippen LogP contribution in [0.25, 0.3) is 0 Å². The predicted octanol–water partition coefficient (Wildman–Crippen LogP) is -0.0861. The SMILES string of the molecule is CC(CCC(=O)O)NCC(=O)O. The van der Waals surface area contributed by atoms with E-state index in [1.165, 1.54) is 0 Å². The van der Waals surface area contributed by atoms with E-state index >= 15 is 0 Å². The van der Waals surface area contributed by atoms with E-state index in [9.17, 15) is 9.59 Å². The normalized spacial score (nSPS) is 12.4. The Balaban J connectivity index is 3.39. The monoisotopic (exact) mass is 175 g/mol. The maximum absolute atomic E-state index is 10.1. The average Bonchev–Trinajstić information content (AvgIpc) is 1.96. The van der Waals surface area contributed by atoms with Crippen molar-refractivity contribution in [3.8, 4) is 0 Å². The first-order chi connectivity index (χ1) is 5.52. The van der Waals surface area contributed by atoms with Gasteiger partial charge in [0.25, 0.3) is 0 Å². The van der Waals surface area contributed by atoms with Crippen molar-refractivity contribution in [2.75, 3.05) is 6.54 Å². The molecule has 0 saturated heterocycles. The van der Waals surface area contributed by atoms with Crippen LogP contribution < -0.4 is 5.32 Å². The molecule has 0 aliphatic carbocycles. The zero-order valence-corrected chi connectivity index (χ0v) is 6.91. The number of carbonyl (C=O) groups is 2. The van der Waals surface area contributed by atoms with Crippen molar-refractivity contribution >= 4 is 11.9 Å². The fourth-order valence-corrected chi connectivity index (χ4v) is 0.704. The van der Waals surface area contributed by atoms with Gasteiger partial charge in [0.2, 0.25) is 0 Å². The van der Waals surface area contributed by atoms with Gasteiger partial charge in [0, 0.05) is 12.5 Å². The van der Waals surface area contributed by atoms with Gasteiger partial charge >= 0.3 is 11.9 Å². The second-order valence-corrected chi connectivity index (χ2v) is 2.61. The van der Waals surface area contributed by atoms with Crippen LogP contribution in [0.3, 0.4) is 0 Å². The molecule has 70 valence electrons. The van der Waals surface area contributed by atoms with Crippen LogP contribution in [0.15, 0.2) is 0 Å². The van der Waals surface area contributed by atoms with Gasteiger partial charge in [-0.25, -0.2) is 0 Å². The summed E-state index contributed by atoms with van der Waals surface area (Å²) in [6.45, 7) is 1.63. The molecular weight excluding hydrogens is 162 g/mol. The Hall–Kier alpha value is -1.10. The second kappa shape index (κ2) is 5.54. The Labute approximate surface area is 70.4 Å². The zero-order valence-electron chi connectivity index (χ0n) is 6.91. The molecule has 5 heteroatoms. The smallest absolute Gasteiger partial charge is 0.317 e. The number of hydrogen-bond donors (Lipinski definition) is 3. The molecule has 0 radical (unpaired) electrons. The Morgan fingerprint density at radius 2 is 1.92 bits per heavy atom. The van der Waals surface area contributed by atoms with Crippen LogP contribution in [0, 0.1) is 0 Å². The van der Waals surface area contributed by atoms with E-state index in [2.05, 4.69) is 5.32 Å². The fraction of sp³-hybridized carbons (Fsp3) is 0.714. The molecule has 12 heavy (non-hydrogen) atoms. The minimum Gasteiger partial charge on any atom is -0.481 e. The molecule has 0 bridgehead atoms. The fourth-order valence-electron chi connectivity index (χ4n) is 0.704. The molecule has 5 nitrogen and oxygen atoms in total. The third-order valence-corrected chi connectivity index (χ3v) is 1.39. The Kier molecular flexibility index (Phi) is 5.03. The average molecular weight is 175 g/mol. The van der Waals surface area contributed by atoms with Crippen molar-refractivity contribution in [3.63, 3.8) is 0 Å². The van der Waals surface area contributed by atoms with Crippen molar-refractivity contribution in [1.82, 2.24) is 5.32 Å². The van der Waals surface area contributed by atoms with Crippen LogP contribution in [0.5, 0.6) is 0 Å². The summed E-state index contributed by atoms with van der Waals surface area (Å²) in [7, 11) is 0. The molecule has 0 aromatic carbocycles. The van der Waals surface area contributed by atoms with Gasteiger partial charge in [-0.05, 0) is 13.3 Å². The molecule has 0 aliphatic rings. The number of hydrogen-bond acceptors (Lipinski definition) is 3. The van der Waals surface area contributed by atoms with E-state index < -0.39 is 11.9 Å². The van der Waals surface area contributed by atoms with E-state index in [4.69, 9.17) is 10.2 Å². The minimum atomic E-state index is -0.933. The summed E-state index contributed by atoms with van der Waals surface area (Å²) in [5.41, 5.74) is 0. The van der Waals surface area contributed by atoms with E-state index in [1.54, 1.807) is 6.92 Å². The summed E-state index contributed by atoms with van der Waals surface area (Å²) in [4.78, 5) is 20.2. The summed E-state index contributed by atoms with van der Waals surface area (Å²) in [6, 6.07) is -0.0720. The summed E-state index contributed by atoms with van der Waals surface area (Å²) < 4.78 is 0. The predicted molar refractivity (Wildman–Crippen MR) is 42.0 cm³/mol. The highest BCUT2D eigenvalue weighted by molar-refractivity contribution is 5.69. The van der Waals surface area contributed by atoms with E-state index in [-0.39, 0.29) is 19.0 Å². The molecule has 0 amide bonds. The first-order valence-corrected chi connectivity index (χ1v) is 3.69. The van der Waals surface area contributed by atoms with E-state index in [1.807, 2.05) is 0 Å². The minimum absolute atomic E-state index is 0.0633. The quantitative estimate of drug-likeness (QED) is 0.525. The molecule has 1 unspecified atom stereocenters. The largest absolute Gasteiger partial charge is 0.481 e. The lowest BCUT2D eigenvalue weighted by Crippen LogP contribution is -2.31. The third kappa shape index (κ3) is 7.01. The highest BCUT2D eigenvalue weighted by Crippen LogP contribution is 1.95. The highest BCUT2D eigenvalue weighted by atomic mass is 16.4. The molecule has 0 rings (SSSR count). The zero-order chi connectivity index (χ0) is 9.56. The molecule has 0 aliphatic heterocycles. The van der Waals surface area contributed by atoms with Gasteiger partial charge in [-0.3, -0.25) is 9.59 Å². The Morgan fingerprint density at radius 3 is 2.33 bits per heavy atom. The van der Waals surface area contributed by atoms with Gasteiger partial charge in [-0.2, -0.15) is 0 Å². The Bertz CT molecular complexity index is 151. The van der Waals surface area contributed by atoms with Crippen LogP contribution in [-0.2, 0) is 9.59 Å². The number of carboxylic acid groups (broad SMARTS) is 2. The third-order valence-electron chi connectivity index (χ3n) is 1.39. The maximum Gasteiger partial charge on any atom is 0.317 e. The van der Waals surface area contributed by atoms with Gasteiger partial charge in [0.05, 0.1) is 6.54 Å². The lowest BCUT2D eigenvalue weighted by molar-refractivity contribution is -0.137. The molecule has 0 spiro atoms. The van der Waals surface area contributed by atoms with Crippen LogP contribution in [0.4, 0.5) is 0 Å². The van der Waals surface area contributed by atoms with Gasteiger partial charge in [-0.1, -0.05) is 0 Å². The molecule has 0 aromatic rings. The molecule has 3 N–H and O–H groups in total. The lowest BCUT2D eigenvalue weighted by Gasteiger charge is -2.09. The number of nitrogens with one attached hydrogen (secondary N) is 1. The molecular formula is C7H13NO4. The van der Waals surface area contributed by atoms with Crippen molar-refractivity contribution in [1.29, 1.82) is 0 Å². The van der Waals surface area contributed by atoms with Crippen LogP contribution in [0.1, 0.15) is 19.8 Å². The molecule has 0 aromatic heterocycles. The summed E-state index contributed by atoms with van der Waals surface area (Å²) in [6.07, 6.45) is 0.510. The number of carboxylic acids is 2. The second-order valence-electron chi connectivity index (χ2n) is 2.61. The maximum atomic E-state index is 10.1. The van der Waals surface area contributed by atoms with Gasteiger partial charge < -0.3 is 15.5 Å². The first-order valence-electron chi connectivity index (χ1n) is 3.69. The van der Waals surface area contributed by atoms with Crippen molar-refractivity contribution in [2.24, 2.45) is 0 Å². The van der Waals surface area contributed by atoms with E-state index in [0.29, 0.717) is 6.42 Å². The molecule has 0 fully saturated rings. The number of aliphatic carboxylic acids is 2. The highest BCUT2D eigenvalue weighted by Gasteiger charge is 2.05. The summed E-state index contributed by atoms with van der Waals surface area (Å²) in [5, 5.41) is 19.2. The molecule has 1 atom stereocenters. The first kappa shape index (κ1) is 10.9. The van der Waals surface area contributed by atoms with Crippen molar-refractivity contribution in [3.05, 3.63) is 0 Å². The number of rotatable bonds is 6. The molecule has 0 heterocycles. The van der Waals surface area contributed by atoms with Crippen molar-refractivity contribution in [2.45, 2.75) is 25.8 Å². The molecule has 0 saturated carbocycles. The van der Waals surface area contributed by atoms with Gasteiger partial charge in [0.15, 0.2) is 0 Å². The lowest BCUT2D eigenvalue weighted by atomic mass is 10.2. The van der Waals surface area contributed by atoms with Crippen LogP contribution >= 0.6 is 0 Å². The summed E-state index contributed by atoms with van der Waals surface area (Å²) in [5.74, 6) is -1.80. The van der Waals surface area contributed by atoms with Gasteiger partial charge in [-0.15, -0.1) is 0 Å². The van der Waals surface area contributed by atoms with Gasteiger partial charge in [0.1, 0.15) is 0 Å².